The minimum atomic E-state index is -0.508. The lowest BCUT2D eigenvalue weighted by Gasteiger charge is -2.31. The summed E-state index contributed by atoms with van der Waals surface area (Å²) in [7, 11) is 0. The van der Waals surface area contributed by atoms with Gasteiger partial charge in [0.25, 0.3) is 0 Å². The molecule has 0 spiro atoms. The highest BCUT2D eigenvalue weighted by Crippen LogP contribution is 2.22. The average Bonchev–Trinajstić information content (AvgIpc) is 2.79. The number of urea groups is 1. The molecule has 1 aliphatic heterocycles. The number of nitrogens with one attached hydrogen (secondary N) is 3. The number of primary amides is 1. The fourth-order valence-electron chi connectivity index (χ4n) is 3.41. The third kappa shape index (κ3) is 5.91. The Bertz CT molecular complexity index is 1040. The van der Waals surface area contributed by atoms with E-state index in [-0.39, 0.29) is 28.0 Å². The van der Waals surface area contributed by atoms with Crippen LogP contribution in [-0.4, -0.2) is 41.5 Å². The summed E-state index contributed by atoms with van der Waals surface area (Å²) in [4.78, 5) is 37.8. The van der Waals surface area contributed by atoms with Crippen LogP contribution < -0.4 is 16.4 Å². The first-order chi connectivity index (χ1) is 15.2. The minimum Gasteiger partial charge on any atom is -0.366 e. The quantitative estimate of drug-likeness (QED) is 0.356. The molecule has 0 atom stereocenters. The molecule has 10 heteroatoms. The number of carbonyl (C=O) groups excluding carboxylic acids is 3. The molecule has 0 aliphatic carbocycles. The number of Topliss-reactive ketones (excluding diaryl/α,β-unsaturated/α-hetero) is 1. The molecule has 1 heterocycles. The van der Waals surface area contributed by atoms with Gasteiger partial charge in [0, 0.05) is 36.8 Å². The normalized spacial score (nSPS) is 14.0. The summed E-state index contributed by atoms with van der Waals surface area (Å²) in [6.45, 7) is 1.11. The molecule has 8 nitrogen and oxygen atoms in total. The number of nitrogens with two attached hydrogens (primary N) is 1. The molecule has 168 valence electrons. The van der Waals surface area contributed by atoms with Gasteiger partial charge < -0.3 is 21.3 Å². The zero-order chi connectivity index (χ0) is 23.3. The van der Waals surface area contributed by atoms with Crippen LogP contribution in [0.3, 0.4) is 0 Å². The van der Waals surface area contributed by atoms with Crippen LogP contribution in [0.25, 0.3) is 0 Å². The van der Waals surface area contributed by atoms with Crippen molar-refractivity contribution < 1.29 is 18.8 Å². The number of benzene rings is 2. The summed E-state index contributed by atoms with van der Waals surface area (Å²) >= 11 is 3.07. The molecule has 0 aromatic heterocycles. The van der Waals surface area contributed by atoms with E-state index >= 15 is 0 Å². The lowest BCUT2D eigenvalue weighted by atomic mass is 9.92. The van der Waals surface area contributed by atoms with Crippen LogP contribution in [0.1, 0.15) is 28.8 Å². The zero-order valence-electron chi connectivity index (χ0n) is 17.2. The Kier molecular flexibility index (Phi) is 7.57. The topological polar surface area (TPSA) is 128 Å². The number of anilines is 1. The van der Waals surface area contributed by atoms with Gasteiger partial charge >= 0.3 is 6.03 Å². The highest BCUT2D eigenvalue weighted by atomic mass is 79.9. The van der Waals surface area contributed by atoms with E-state index in [0.29, 0.717) is 43.7 Å². The maximum Gasteiger partial charge on any atom is 0.317 e. The molecular weight excluding hydrogens is 481 g/mol. The lowest BCUT2D eigenvalue weighted by Crippen LogP contribution is -2.46. The number of hydrogen-bond acceptors (Lipinski definition) is 4. The number of carbonyl (C=O) groups is 3. The number of piperidine rings is 1. The second kappa shape index (κ2) is 10.4. The predicted molar refractivity (Wildman–Crippen MR) is 122 cm³/mol. The number of likely N-dealkylation sites (tertiary alicyclic amines) is 1. The highest BCUT2D eigenvalue weighted by Gasteiger charge is 2.29. The molecule has 0 bridgehead atoms. The molecule has 5 N–H and O–H groups in total. The van der Waals surface area contributed by atoms with Crippen LogP contribution in [-0.2, 0) is 11.3 Å². The Morgan fingerprint density at radius 2 is 1.78 bits per heavy atom. The van der Waals surface area contributed by atoms with E-state index in [0.717, 1.165) is 5.56 Å². The number of amidine groups is 1. The molecule has 0 saturated carbocycles. The second-order valence-corrected chi connectivity index (χ2v) is 8.33. The Balaban J connectivity index is 1.45. The summed E-state index contributed by atoms with van der Waals surface area (Å²) in [6.07, 6.45) is 0.910. The van der Waals surface area contributed by atoms with Crippen molar-refractivity contribution in [3.63, 3.8) is 0 Å². The fourth-order valence-corrected chi connectivity index (χ4v) is 3.78. The molecular formula is C22H23BrFN5O3. The number of rotatable bonds is 6. The van der Waals surface area contributed by atoms with Crippen molar-refractivity contribution >= 4 is 45.2 Å². The molecule has 3 rings (SSSR count). The molecule has 2 aromatic carbocycles. The zero-order valence-corrected chi connectivity index (χ0v) is 18.7. The largest absolute Gasteiger partial charge is 0.366 e. The molecule has 2 aromatic rings. The molecule has 3 amide bonds. The Labute approximate surface area is 193 Å². The van der Waals surface area contributed by atoms with E-state index in [9.17, 15) is 18.8 Å². The molecule has 0 radical (unpaired) electrons. The van der Waals surface area contributed by atoms with E-state index in [1.54, 1.807) is 29.2 Å². The first-order valence-corrected chi connectivity index (χ1v) is 10.8. The molecule has 1 aliphatic rings. The maximum absolute atomic E-state index is 13.3. The van der Waals surface area contributed by atoms with E-state index < -0.39 is 11.7 Å². The van der Waals surface area contributed by atoms with Crippen molar-refractivity contribution in [2.45, 2.75) is 19.4 Å². The number of halogens is 2. The van der Waals surface area contributed by atoms with Gasteiger partial charge in [-0.05, 0) is 64.7 Å². The van der Waals surface area contributed by atoms with Gasteiger partial charge in [0.15, 0.2) is 5.84 Å². The third-order valence-electron chi connectivity index (χ3n) is 5.27. The van der Waals surface area contributed by atoms with Gasteiger partial charge in [-0.25, -0.2) is 9.18 Å². The standard InChI is InChI=1S/C22H23BrFN5O3/c23-17-11-16(5-6-18(17)24)28-20(25)19(30)14-7-9-29(10-8-14)22(32)27-12-13-1-3-15(4-2-13)21(26)31/h1-6,11,14H,7-10,12H2,(H2,25,28)(H2,26,31)(H,27,32). The Morgan fingerprint density at radius 3 is 2.38 bits per heavy atom. The van der Waals surface area contributed by atoms with Crippen LogP contribution in [0.5, 0.6) is 0 Å². The van der Waals surface area contributed by atoms with Gasteiger partial charge in [-0.2, -0.15) is 0 Å². The summed E-state index contributed by atoms with van der Waals surface area (Å²) < 4.78 is 13.6. The second-order valence-electron chi connectivity index (χ2n) is 7.47. The highest BCUT2D eigenvalue weighted by molar-refractivity contribution is 9.10. The SMILES string of the molecule is N=C(Nc1ccc(F)c(Br)c1)C(=O)C1CCN(C(=O)NCc2ccc(C(N)=O)cc2)CC1. The molecule has 1 fully saturated rings. The average molecular weight is 504 g/mol. The molecule has 32 heavy (non-hydrogen) atoms. The van der Waals surface area contributed by atoms with Gasteiger partial charge in [-0.1, -0.05) is 12.1 Å². The van der Waals surface area contributed by atoms with Crippen LogP contribution in [0.15, 0.2) is 46.9 Å². The number of ketones is 1. The predicted octanol–water partition coefficient (Wildman–Crippen LogP) is 3.27. The van der Waals surface area contributed by atoms with Gasteiger partial charge in [0.2, 0.25) is 11.7 Å². The van der Waals surface area contributed by atoms with Crippen LogP contribution in [0.4, 0.5) is 14.9 Å². The van der Waals surface area contributed by atoms with Gasteiger partial charge in [0.05, 0.1) is 4.47 Å². The van der Waals surface area contributed by atoms with Crippen LogP contribution in [0, 0.1) is 17.1 Å². The summed E-state index contributed by atoms with van der Waals surface area (Å²) in [6, 6.07) is 10.6. The first kappa shape index (κ1) is 23.4. The van der Waals surface area contributed by atoms with Gasteiger partial charge in [0.1, 0.15) is 5.82 Å². The summed E-state index contributed by atoms with van der Waals surface area (Å²) in [5.41, 5.74) is 6.89. The molecule has 1 saturated heterocycles. The van der Waals surface area contributed by atoms with Crippen molar-refractivity contribution in [2.24, 2.45) is 11.7 Å². The maximum atomic E-state index is 13.3. The van der Waals surface area contributed by atoms with Crippen molar-refractivity contribution in [3.8, 4) is 0 Å². The van der Waals surface area contributed by atoms with Gasteiger partial charge in [-0.3, -0.25) is 15.0 Å². The van der Waals surface area contributed by atoms with E-state index in [1.807, 2.05) is 0 Å². The Hall–Kier alpha value is -3.27. The van der Waals surface area contributed by atoms with Gasteiger partial charge in [-0.15, -0.1) is 0 Å². The number of hydrogen-bond donors (Lipinski definition) is 4. The monoisotopic (exact) mass is 503 g/mol. The lowest BCUT2D eigenvalue weighted by molar-refractivity contribution is -0.117. The first-order valence-electron chi connectivity index (χ1n) is 10.0. The third-order valence-corrected chi connectivity index (χ3v) is 5.88. The van der Waals surface area contributed by atoms with Crippen molar-refractivity contribution in [1.29, 1.82) is 5.41 Å². The molecule has 0 unspecified atom stereocenters. The summed E-state index contributed by atoms with van der Waals surface area (Å²) in [5, 5.41) is 13.6. The van der Waals surface area contributed by atoms with Crippen LogP contribution >= 0.6 is 15.9 Å². The summed E-state index contributed by atoms with van der Waals surface area (Å²) in [5.74, 6) is -1.89. The van der Waals surface area contributed by atoms with Crippen molar-refractivity contribution in [2.75, 3.05) is 18.4 Å². The van der Waals surface area contributed by atoms with E-state index in [2.05, 4.69) is 26.6 Å². The van der Waals surface area contributed by atoms with Crippen molar-refractivity contribution in [1.82, 2.24) is 10.2 Å². The van der Waals surface area contributed by atoms with E-state index in [4.69, 9.17) is 11.1 Å². The minimum absolute atomic E-state index is 0.237. The Morgan fingerprint density at radius 1 is 1.12 bits per heavy atom. The van der Waals surface area contributed by atoms with Crippen LogP contribution in [0.2, 0.25) is 0 Å². The smallest absolute Gasteiger partial charge is 0.317 e. The van der Waals surface area contributed by atoms with Crippen molar-refractivity contribution in [3.05, 3.63) is 63.9 Å². The number of amides is 3. The van der Waals surface area contributed by atoms with E-state index in [1.165, 1.54) is 18.2 Å². The fraction of sp³-hybridized carbons (Fsp3) is 0.273. The number of nitrogens with zero attached hydrogens (tertiary/aromatic N) is 1.